The molecule has 0 fully saturated rings. The van der Waals surface area contributed by atoms with E-state index in [1.165, 1.54) is 0 Å². The second-order valence-corrected chi connectivity index (χ2v) is 1.49. The van der Waals surface area contributed by atoms with Gasteiger partial charge < -0.3 is 15.3 Å². The summed E-state index contributed by atoms with van der Waals surface area (Å²) in [5, 5.41) is 24.0. The molecule has 3 N–H and O–H groups in total. The van der Waals surface area contributed by atoms with E-state index in [0.717, 1.165) is 0 Å². The third-order valence-corrected chi connectivity index (χ3v) is 0.588. The maximum Gasteiger partial charge on any atom is 0.100 e. The summed E-state index contributed by atoms with van der Waals surface area (Å²) in [5.41, 5.74) is 0. The van der Waals surface area contributed by atoms with Crippen molar-refractivity contribution in [2.24, 2.45) is 0 Å². The van der Waals surface area contributed by atoms with Gasteiger partial charge in [-0.2, -0.15) is 0 Å². The average molecular weight is 146 g/mol. The predicted molar refractivity (Wildman–Crippen MR) is 40.6 cm³/mol. The topological polar surface area (TPSA) is 60.7 Å². The van der Waals surface area contributed by atoms with Crippen LogP contribution in [-0.4, -0.2) is 34.6 Å². The van der Waals surface area contributed by atoms with E-state index in [-0.39, 0.29) is 13.2 Å². The first-order chi connectivity index (χ1) is 4.72. The Kier molecular flexibility index (Phi) is 13.5. The predicted octanol–water partition coefficient (Wildman–Crippen LogP) is -0.310. The summed E-state index contributed by atoms with van der Waals surface area (Å²) in [4.78, 5) is 0. The SMILES string of the molecule is C=CC=C.OCC(O)CO. The molecule has 60 valence electrons. The zero-order chi connectivity index (χ0) is 8.41. The molecule has 0 aliphatic carbocycles. The van der Waals surface area contributed by atoms with Gasteiger partial charge >= 0.3 is 0 Å². The molecule has 0 heterocycles. The molecule has 0 aromatic carbocycles. The van der Waals surface area contributed by atoms with Crippen LogP contribution in [0, 0.1) is 0 Å². The number of hydrogen-bond donors (Lipinski definition) is 3. The number of rotatable bonds is 3. The lowest BCUT2D eigenvalue weighted by atomic mass is 10.4. The maximum absolute atomic E-state index is 8.17. The number of hydrogen-bond acceptors (Lipinski definition) is 3. The van der Waals surface area contributed by atoms with Crippen molar-refractivity contribution in [3.63, 3.8) is 0 Å². The molecule has 3 nitrogen and oxygen atoms in total. The van der Waals surface area contributed by atoms with E-state index in [9.17, 15) is 0 Å². The Hall–Kier alpha value is -0.640. The summed E-state index contributed by atoms with van der Waals surface area (Å²) < 4.78 is 0. The fourth-order valence-electron chi connectivity index (χ4n) is 0.0577. The minimum Gasteiger partial charge on any atom is -0.394 e. The molecular formula is C7H14O3. The van der Waals surface area contributed by atoms with E-state index in [1.807, 2.05) is 0 Å². The fourth-order valence-corrected chi connectivity index (χ4v) is 0.0577. The first-order valence-electron chi connectivity index (χ1n) is 2.86. The molecular weight excluding hydrogens is 132 g/mol. The number of aliphatic hydroxyl groups is 3. The highest BCUT2D eigenvalue weighted by Gasteiger charge is 1.93. The molecule has 0 atom stereocenters. The van der Waals surface area contributed by atoms with Crippen molar-refractivity contribution in [1.29, 1.82) is 0 Å². The first-order valence-corrected chi connectivity index (χ1v) is 2.86. The lowest BCUT2D eigenvalue weighted by molar-refractivity contribution is 0.0450. The second kappa shape index (κ2) is 11.2. The Bertz CT molecular complexity index is 70.9. The smallest absolute Gasteiger partial charge is 0.100 e. The molecule has 0 saturated heterocycles. The van der Waals surface area contributed by atoms with Crippen molar-refractivity contribution in [2.75, 3.05) is 13.2 Å². The minimum atomic E-state index is -0.954. The van der Waals surface area contributed by atoms with E-state index in [0.29, 0.717) is 0 Å². The average Bonchev–Trinajstić information content (AvgIpc) is 2.03. The first kappa shape index (κ1) is 12.1. The monoisotopic (exact) mass is 146 g/mol. The van der Waals surface area contributed by atoms with Gasteiger partial charge in [0.25, 0.3) is 0 Å². The van der Waals surface area contributed by atoms with Gasteiger partial charge in [-0.1, -0.05) is 25.3 Å². The van der Waals surface area contributed by atoms with E-state index in [4.69, 9.17) is 15.3 Å². The zero-order valence-corrected chi connectivity index (χ0v) is 5.90. The summed E-state index contributed by atoms with van der Waals surface area (Å²) >= 11 is 0. The van der Waals surface area contributed by atoms with Gasteiger partial charge in [0.2, 0.25) is 0 Å². The highest BCUT2D eigenvalue weighted by molar-refractivity contribution is 4.88. The van der Waals surface area contributed by atoms with Gasteiger partial charge in [-0.05, 0) is 0 Å². The molecule has 0 saturated carbocycles. The summed E-state index contributed by atoms with van der Waals surface area (Å²) in [6.45, 7) is 5.99. The maximum atomic E-state index is 8.17. The molecule has 10 heavy (non-hydrogen) atoms. The van der Waals surface area contributed by atoms with Gasteiger partial charge in [0.15, 0.2) is 0 Å². The molecule has 0 aromatic rings. The molecule has 0 amide bonds. The van der Waals surface area contributed by atoms with Gasteiger partial charge in [-0.15, -0.1) is 0 Å². The summed E-state index contributed by atoms with van der Waals surface area (Å²) in [6.07, 6.45) is 2.32. The Labute approximate surface area is 60.9 Å². The standard InChI is InChI=1S/C4H6.C3H8O3/c1-3-4-2;4-1-3(6)2-5/h3-4H,1-2H2;3-6H,1-2H2. The normalized spacial score (nSPS) is 8.00. The molecule has 0 aliphatic heterocycles. The van der Waals surface area contributed by atoms with Crippen molar-refractivity contribution >= 4 is 0 Å². The van der Waals surface area contributed by atoms with Crippen LogP contribution in [0.4, 0.5) is 0 Å². The summed E-state index contributed by atoms with van der Waals surface area (Å²) in [5.74, 6) is 0. The van der Waals surface area contributed by atoms with Crippen LogP contribution in [0.25, 0.3) is 0 Å². The van der Waals surface area contributed by atoms with Crippen molar-refractivity contribution in [3.05, 3.63) is 25.3 Å². The zero-order valence-electron chi connectivity index (χ0n) is 5.90. The van der Waals surface area contributed by atoms with Gasteiger partial charge in [-0.25, -0.2) is 0 Å². The molecule has 0 unspecified atom stereocenters. The third kappa shape index (κ3) is 15.7. The molecule has 3 heteroatoms. The van der Waals surface area contributed by atoms with E-state index < -0.39 is 6.10 Å². The minimum absolute atomic E-state index is 0.365. The van der Waals surface area contributed by atoms with Crippen LogP contribution in [-0.2, 0) is 0 Å². The number of allylic oxidation sites excluding steroid dienone is 2. The van der Waals surface area contributed by atoms with Gasteiger partial charge in [-0.3, -0.25) is 0 Å². The molecule has 0 aromatic heterocycles. The molecule has 0 bridgehead atoms. The van der Waals surface area contributed by atoms with Crippen LogP contribution >= 0.6 is 0 Å². The quantitative estimate of drug-likeness (QED) is 0.479. The third-order valence-electron chi connectivity index (χ3n) is 0.588. The van der Waals surface area contributed by atoms with E-state index >= 15 is 0 Å². The van der Waals surface area contributed by atoms with Gasteiger partial charge in [0.05, 0.1) is 13.2 Å². The van der Waals surface area contributed by atoms with Gasteiger partial charge in [0.1, 0.15) is 6.10 Å². The van der Waals surface area contributed by atoms with Crippen molar-refractivity contribution in [1.82, 2.24) is 0 Å². The molecule has 0 aliphatic rings. The molecule has 0 radical (unpaired) electrons. The van der Waals surface area contributed by atoms with Crippen molar-refractivity contribution in [2.45, 2.75) is 6.10 Å². The molecule has 0 spiro atoms. The Morgan fingerprint density at radius 1 is 1.10 bits per heavy atom. The van der Waals surface area contributed by atoms with Crippen LogP contribution in [0.15, 0.2) is 25.3 Å². The lowest BCUT2D eigenvalue weighted by Gasteiger charge is -1.96. The van der Waals surface area contributed by atoms with E-state index in [1.54, 1.807) is 12.2 Å². The van der Waals surface area contributed by atoms with Crippen LogP contribution in [0.5, 0.6) is 0 Å². The van der Waals surface area contributed by atoms with E-state index in [2.05, 4.69) is 13.2 Å². The number of aliphatic hydroxyl groups excluding tert-OH is 3. The van der Waals surface area contributed by atoms with Crippen LogP contribution in [0.3, 0.4) is 0 Å². The fraction of sp³-hybridized carbons (Fsp3) is 0.429. The summed E-state index contributed by atoms with van der Waals surface area (Å²) in [7, 11) is 0. The second-order valence-electron chi connectivity index (χ2n) is 1.49. The summed E-state index contributed by atoms with van der Waals surface area (Å²) in [6, 6.07) is 0. The van der Waals surface area contributed by atoms with Crippen LogP contribution in [0.2, 0.25) is 0 Å². The van der Waals surface area contributed by atoms with Gasteiger partial charge in [0, 0.05) is 0 Å². The highest BCUT2D eigenvalue weighted by atomic mass is 16.3. The lowest BCUT2D eigenvalue weighted by Crippen LogP contribution is -2.15. The molecule has 0 rings (SSSR count). The Balaban J connectivity index is 0. The van der Waals surface area contributed by atoms with Crippen molar-refractivity contribution < 1.29 is 15.3 Å². The Morgan fingerprint density at radius 2 is 1.40 bits per heavy atom. The Morgan fingerprint density at radius 3 is 1.40 bits per heavy atom. The highest BCUT2D eigenvalue weighted by Crippen LogP contribution is 1.71. The largest absolute Gasteiger partial charge is 0.394 e. The van der Waals surface area contributed by atoms with Crippen molar-refractivity contribution in [3.8, 4) is 0 Å². The van der Waals surface area contributed by atoms with Crippen LogP contribution < -0.4 is 0 Å². The van der Waals surface area contributed by atoms with Crippen LogP contribution in [0.1, 0.15) is 0 Å².